The maximum Gasteiger partial charge on any atom is 0.225 e. The summed E-state index contributed by atoms with van der Waals surface area (Å²) in [6.45, 7) is 2.96. The summed E-state index contributed by atoms with van der Waals surface area (Å²) in [5.41, 5.74) is 7.22. The highest BCUT2D eigenvalue weighted by atomic mass is 32.1. The molecule has 2 rings (SSSR count). The lowest BCUT2D eigenvalue weighted by Gasteiger charge is -2.27. The molecule has 1 saturated carbocycles. The van der Waals surface area contributed by atoms with Gasteiger partial charge in [-0.2, -0.15) is 0 Å². The van der Waals surface area contributed by atoms with Gasteiger partial charge in [0.25, 0.3) is 0 Å². The topological polar surface area (TPSA) is 55.0 Å². The second-order valence-corrected chi connectivity index (χ2v) is 5.88. The molecule has 104 valence electrons. The second-order valence-electron chi connectivity index (χ2n) is 5.44. The molecule has 19 heavy (non-hydrogen) atoms. The molecule has 0 radical (unpaired) electrons. The van der Waals surface area contributed by atoms with Crippen LogP contribution in [0.3, 0.4) is 0 Å². The van der Waals surface area contributed by atoms with Crippen molar-refractivity contribution in [3.05, 3.63) is 17.5 Å². The number of hydrogen-bond acceptors (Lipinski definition) is 4. The predicted molar refractivity (Wildman–Crippen MR) is 82.5 cm³/mol. The Morgan fingerprint density at radius 3 is 2.68 bits per heavy atom. The first-order valence-corrected chi connectivity index (χ1v) is 7.33. The standard InChI is InChI=1S/C14H22N4S/c1-10-8-12(13(15)19)17-14(16-10)18(2)9-11-6-4-3-5-7-11/h8,11H,3-7,9H2,1-2H3,(H2,15,19). The molecule has 0 atom stereocenters. The van der Waals surface area contributed by atoms with Crippen LogP contribution < -0.4 is 10.6 Å². The lowest BCUT2D eigenvalue weighted by molar-refractivity contribution is 0.361. The highest BCUT2D eigenvalue weighted by molar-refractivity contribution is 7.80. The monoisotopic (exact) mass is 278 g/mol. The molecule has 0 amide bonds. The number of hydrogen-bond donors (Lipinski definition) is 1. The Labute approximate surface area is 120 Å². The van der Waals surface area contributed by atoms with Crippen LogP contribution in [0.1, 0.15) is 43.5 Å². The van der Waals surface area contributed by atoms with Gasteiger partial charge in [0, 0.05) is 19.3 Å². The third kappa shape index (κ3) is 3.86. The van der Waals surface area contributed by atoms with E-state index in [0.717, 1.165) is 24.1 Å². The van der Waals surface area contributed by atoms with Crippen LogP contribution in [0.15, 0.2) is 6.07 Å². The van der Waals surface area contributed by atoms with Crippen LogP contribution in [0, 0.1) is 12.8 Å². The highest BCUT2D eigenvalue weighted by Gasteiger charge is 2.17. The molecule has 0 saturated heterocycles. The van der Waals surface area contributed by atoms with E-state index in [1.807, 2.05) is 20.0 Å². The number of aryl methyl sites for hydroxylation is 1. The van der Waals surface area contributed by atoms with Gasteiger partial charge in [-0.3, -0.25) is 0 Å². The van der Waals surface area contributed by atoms with E-state index in [4.69, 9.17) is 18.0 Å². The summed E-state index contributed by atoms with van der Waals surface area (Å²) in [7, 11) is 2.05. The number of thiocarbonyl (C=S) groups is 1. The Kier molecular flexibility index (Phi) is 4.69. The normalized spacial score (nSPS) is 16.3. The molecule has 1 aliphatic rings. The molecule has 4 nitrogen and oxygen atoms in total. The zero-order valence-electron chi connectivity index (χ0n) is 11.7. The van der Waals surface area contributed by atoms with Gasteiger partial charge in [0.1, 0.15) is 10.7 Å². The Bertz CT molecular complexity index is 455. The van der Waals surface area contributed by atoms with Crippen LogP contribution >= 0.6 is 12.2 Å². The van der Waals surface area contributed by atoms with Gasteiger partial charge >= 0.3 is 0 Å². The highest BCUT2D eigenvalue weighted by Crippen LogP contribution is 2.25. The maximum absolute atomic E-state index is 5.66. The summed E-state index contributed by atoms with van der Waals surface area (Å²) in [5.74, 6) is 1.49. The minimum Gasteiger partial charge on any atom is -0.388 e. The van der Waals surface area contributed by atoms with Crippen molar-refractivity contribution in [2.24, 2.45) is 11.7 Å². The SMILES string of the molecule is Cc1cc(C(N)=S)nc(N(C)CC2CCCCC2)n1. The zero-order valence-corrected chi connectivity index (χ0v) is 12.5. The van der Waals surface area contributed by atoms with Crippen LogP contribution in [-0.4, -0.2) is 28.5 Å². The maximum atomic E-state index is 5.66. The number of anilines is 1. The number of rotatable bonds is 4. The lowest BCUT2D eigenvalue weighted by atomic mass is 9.89. The van der Waals surface area contributed by atoms with Crippen LogP contribution in [0.5, 0.6) is 0 Å². The van der Waals surface area contributed by atoms with E-state index in [-0.39, 0.29) is 0 Å². The predicted octanol–water partition coefficient (Wildman–Crippen LogP) is 2.44. The number of nitrogens with two attached hydrogens (primary N) is 1. The third-order valence-corrected chi connectivity index (χ3v) is 3.90. The molecule has 1 aromatic heterocycles. The largest absolute Gasteiger partial charge is 0.388 e. The Morgan fingerprint density at radius 1 is 1.37 bits per heavy atom. The van der Waals surface area contributed by atoms with E-state index in [2.05, 4.69) is 14.9 Å². The fourth-order valence-corrected chi connectivity index (χ4v) is 2.79. The number of nitrogens with zero attached hydrogens (tertiary/aromatic N) is 3. The summed E-state index contributed by atoms with van der Waals surface area (Å²) in [4.78, 5) is 11.4. The van der Waals surface area contributed by atoms with Gasteiger partial charge in [0.05, 0.1) is 0 Å². The van der Waals surface area contributed by atoms with Gasteiger partial charge in [0.2, 0.25) is 5.95 Å². The Morgan fingerprint density at radius 2 is 2.05 bits per heavy atom. The van der Waals surface area contributed by atoms with Crippen molar-refractivity contribution in [3.8, 4) is 0 Å². The zero-order chi connectivity index (χ0) is 13.8. The molecule has 1 fully saturated rings. The van der Waals surface area contributed by atoms with Crippen LogP contribution in [0.4, 0.5) is 5.95 Å². The van der Waals surface area contributed by atoms with E-state index in [1.165, 1.54) is 32.1 Å². The summed E-state index contributed by atoms with van der Waals surface area (Å²) >= 11 is 5.00. The van der Waals surface area contributed by atoms with E-state index in [9.17, 15) is 0 Å². The van der Waals surface area contributed by atoms with Crippen molar-refractivity contribution in [2.45, 2.75) is 39.0 Å². The molecular weight excluding hydrogens is 256 g/mol. The first-order chi connectivity index (χ1) is 9.06. The first kappa shape index (κ1) is 14.2. The second kappa shape index (κ2) is 6.28. The minimum atomic E-state index is 0.331. The van der Waals surface area contributed by atoms with Gasteiger partial charge in [-0.25, -0.2) is 9.97 Å². The molecule has 1 aromatic rings. The van der Waals surface area contributed by atoms with Crippen molar-refractivity contribution in [1.82, 2.24) is 9.97 Å². The quantitative estimate of drug-likeness (QED) is 0.857. The molecule has 1 heterocycles. The van der Waals surface area contributed by atoms with Crippen LogP contribution in [0.2, 0.25) is 0 Å². The molecule has 0 aromatic carbocycles. The fourth-order valence-electron chi connectivity index (χ4n) is 2.69. The molecular formula is C14H22N4S. The van der Waals surface area contributed by atoms with Crippen LogP contribution in [0.25, 0.3) is 0 Å². The molecule has 0 spiro atoms. The molecule has 0 unspecified atom stereocenters. The lowest BCUT2D eigenvalue weighted by Crippen LogP contribution is -2.29. The van der Waals surface area contributed by atoms with Gasteiger partial charge in [-0.05, 0) is 31.7 Å². The third-order valence-electron chi connectivity index (χ3n) is 3.69. The van der Waals surface area contributed by atoms with Gasteiger partial charge < -0.3 is 10.6 Å². The van der Waals surface area contributed by atoms with E-state index in [0.29, 0.717) is 10.7 Å². The van der Waals surface area contributed by atoms with Crippen molar-refractivity contribution >= 4 is 23.2 Å². The average Bonchev–Trinajstić information content (AvgIpc) is 2.39. The number of aromatic nitrogens is 2. The first-order valence-electron chi connectivity index (χ1n) is 6.93. The summed E-state index contributed by atoms with van der Waals surface area (Å²) < 4.78 is 0. The van der Waals surface area contributed by atoms with Crippen molar-refractivity contribution in [2.75, 3.05) is 18.5 Å². The summed E-state index contributed by atoms with van der Waals surface area (Å²) in [5, 5.41) is 0. The van der Waals surface area contributed by atoms with Crippen molar-refractivity contribution < 1.29 is 0 Å². The van der Waals surface area contributed by atoms with Gasteiger partial charge in [-0.15, -0.1) is 0 Å². The Balaban J connectivity index is 2.09. The fraction of sp³-hybridized carbons (Fsp3) is 0.643. The van der Waals surface area contributed by atoms with Crippen molar-refractivity contribution in [1.29, 1.82) is 0 Å². The smallest absolute Gasteiger partial charge is 0.225 e. The molecule has 1 aliphatic carbocycles. The summed E-state index contributed by atoms with van der Waals surface area (Å²) in [6.07, 6.45) is 6.72. The summed E-state index contributed by atoms with van der Waals surface area (Å²) in [6, 6.07) is 1.83. The van der Waals surface area contributed by atoms with Gasteiger partial charge in [-0.1, -0.05) is 31.5 Å². The molecule has 5 heteroatoms. The molecule has 2 N–H and O–H groups in total. The average molecular weight is 278 g/mol. The van der Waals surface area contributed by atoms with E-state index >= 15 is 0 Å². The minimum absolute atomic E-state index is 0.331. The molecule has 0 bridgehead atoms. The van der Waals surface area contributed by atoms with E-state index < -0.39 is 0 Å². The van der Waals surface area contributed by atoms with Crippen LogP contribution in [-0.2, 0) is 0 Å². The van der Waals surface area contributed by atoms with Crippen molar-refractivity contribution in [3.63, 3.8) is 0 Å². The van der Waals surface area contributed by atoms with E-state index in [1.54, 1.807) is 0 Å². The molecule has 0 aliphatic heterocycles. The Hall–Kier alpha value is -1.23. The van der Waals surface area contributed by atoms with Gasteiger partial charge in [0.15, 0.2) is 0 Å².